The number of benzene rings is 1. The van der Waals surface area contributed by atoms with Crippen LogP contribution in [-0.2, 0) is 12.0 Å². The second-order valence-corrected chi connectivity index (χ2v) is 6.81. The molecule has 0 heterocycles. The van der Waals surface area contributed by atoms with Crippen molar-refractivity contribution in [3.63, 3.8) is 0 Å². The molecule has 102 valence electrons. The summed E-state index contributed by atoms with van der Waals surface area (Å²) in [7, 11) is 0. The molecule has 0 fully saturated rings. The van der Waals surface area contributed by atoms with Crippen molar-refractivity contribution >= 4 is 0 Å². The monoisotopic (exact) mass is 249 g/mol. The fourth-order valence-corrected chi connectivity index (χ4v) is 1.86. The van der Waals surface area contributed by atoms with Crippen molar-refractivity contribution in [1.82, 2.24) is 5.32 Å². The van der Waals surface area contributed by atoms with Gasteiger partial charge >= 0.3 is 0 Å². The molecule has 0 amide bonds. The zero-order valence-electron chi connectivity index (χ0n) is 12.6. The molecule has 18 heavy (non-hydrogen) atoms. The van der Waals surface area contributed by atoms with Crippen LogP contribution in [0.1, 0.15) is 51.3 Å². The molecule has 0 saturated carbocycles. The van der Waals surface area contributed by atoms with Crippen LogP contribution in [0.25, 0.3) is 0 Å². The summed E-state index contributed by atoms with van der Waals surface area (Å²) in [6.45, 7) is 13.9. The zero-order chi connectivity index (χ0) is 14.0. The SMILES string of the molecule is Cc1cc(C(C)(C)C)ccc1CNCC(C)(C)O. The molecule has 0 bridgehead atoms. The summed E-state index contributed by atoms with van der Waals surface area (Å²) in [6.07, 6.45) is 0. The van der Waals surface area contributed by atoms with Gasteiger partial charge in [-0.1, -0.05) is 39.0 Å². The maximum absolute atomic E-state index is 9.65. The van der Waals surface area contributed by atoms with Crippen LogP contribution in [-0.4, -0.2) is 17.3 Å². The highest BCUT2D eigenvalue weighted by atomic mass is 16.3. The van der Waals surface area contributed by atoms with E-state index in [9.17, 15) is 5.11 Å². The van der Waals surface area contributed by atoms with E-state index < -0.39 is 5.60 Å². The van der Waals surface area contributed by atoms with Crippen LogP contribution in [0.15, 0.2) is 18.2 Å². The summed E-state index contributed by atoms with van der Waals surface area (Å²) in [5, 5.41) is 12.9. The van der Waals surface area contributed by atoms with Gasteiger partial charge in [-0.3, -0.25) is 0 Å². The van der Waals surface area contributed by atoms with E-state index in [-0.39, 0.29) is 5.41 Å². The molecule has 0 saturated heterocycles. The highest BCUT2D eigenvalue weighted by molar-refractivity contribution is 5.34. The Labute approximate surface area is 111 Å². The average Bonchev–Trinajstić information content (AvgIpc) is 2.17. The Balaban J connectivity index is 2.69. The van der Waals surface area contributed by atoms with Crippen molar-refractivity contribution in [3.05, 3.63) is 34.9 Å². The number of hydrogen-bond donors (Lipinski definition) is 2. The Kier molecular flexibility index (Phi) is 4.57. The van der Waals surface area contributed by atoms with Gasteiger partial charge in [0.1, 0.15) is 0 Å². The van der Waals surface area contributed by atoms with Gasteiger partial charge in [-0.2, -0.15) is 0 Å². The van der Waals surface area contributed by atoms with Gasteiger partial charge in [-0.25, -0.2) is 0 Å². The first-order chi connectivity index (χ1) is 8.09. The van der Waals surface area contributed by atoms with Crippen molar-refractivity contribution < 1.29 is 5.11 Å². The average molecular weight is 249 g/mol. The van der Waals surface area contributed by atoms with E-state index >= 15 is 0 Å². The highest BCUT2D eigenvalue weighted by Gasteiger charge is 2.15. The van der Waals surface area contributed by atoms with Gasteiger partial charge in [-0.15, -0.1) is 0 Å². The van der Waals surface area contributed by atoms with Crippen LogP contribution in [0.3, 0.4) is 0 Å². The quantitative estimate of drug-likeness (QED) is 0.859. The maximum Gasteiger partial charge on any atom is 0.0715 e. The van der Waals surface area contributed by atoms with Crippen molar-refractivity contribution in [2.45, 2.75) is 59.1 Å². The lowest BCUT2D eigenvalue weighted by atomic mass is 9.85. The topological polar surface area (TPSA) is 32.3 Å². The number of hydrogen-bond acceptors (Lipinski definition) is 2. The molecule has 2 heteroatoms. The summed E-state index contributed by atoms with van der Waals surface area (Å²) in [5.41, 5.74) is 3.52. The second kappa shape index (κ2) is 5.41. The predicted molar refractivity (Wildman–Crippen MR) is 77.9 cm³/mol. The Morgan fingerprint density at radius 3 is 2.17 bits per heavy atom. The third kappa shape index (κ3) is 4.79. The molecule has 1 aromatic rings. The molecule has 2 N–H and O–H groups in total. The molecule has 0 unspecified atom stereocenters. The van der Waals surface area contributed by atoms with Crippen LogP contribution in [0.2, 0.25) is 0 Å². The standard InChI is InChI=1S/C16H27NO/c1-12-9-14(15(2,3)4)8-7-13(12)10-17-11-16(5,6)18/h7-9,17-18H,10-11H2,1-6H3. The van der Waals surface area contributed by atoms with E-state index in [1.165, 1.54) is 16.7 Å². The summed E-state index contributed by atoms with van der Waals surface area (Å²) in [5.74, 6) is 0. The van der Waals surface area contributed by atoms with Crippen LogP contribution in [0.5, 0.6) is 0 Å². The lowest BCUT2D eigenvalue weighted by molar-refractivity contribution is 0.0795. The van der Waals surface area contributed by atoms with E-state index in [0.717, 1.165) is 6.54 Å². The fraction of sp³-hybridized carbons (Fsp3) is 0.625. The smallest absolute Gasteiger partial charge is 0.0715 e. The molecule has 0 spiro atoms. The number of aryl methyl sites for hydroxylation is 1. The van der Waals surface area contributed by atoms with Crippen LogP contribution < -0.4 is 5.32 Å². The predicted octanol–water partition coefficient (Wildman–Crippen LogP) is 3.15. The summed E-state index contributed by atoms with van der Waals surface area (Å²) < 4.78 is 0. The molecule has 1 rings (SSSR count). The van der Waals surface area contributed by atoms with Crippen molar-refractivity contribution in [3.8, 4) is 0 Å². The van der Waals surface area contributed by atoms with Crippen molar-refractivity contribution in [2.75, 3.05) is 6.54 Å². The molecular weight excluding hydrogens is 222 g/mol. The minimum atomic E-state index is -0.654. The minimum absolute atomic E-state index is 0.198. The second-order valence-electron chi connectivity index (χ2n) is 6.81. The van der Waals surface area contributed by atoms with Crippen molar-refractivity contribution in [1.29, 1.82) is 0 Å². The van der Waals surface area contributed by atoms with Gasteiger partial charge < -0.3 is 10.4 Å². The molecule has 0 aliphatic carbocycles. The Morgan fingerprint density at radius 2 is 1.72 bits per heavy atom. The van der Waals surface area contributed by atoms with Crippen molar-refractivity contribution in [2.24, 2.45) is 0 Å². The van der Waals surface area contributed by atoms with E-state index in [1.807, 2.05) is 13.8 Å². The molecule has 0 radical (unpaired) electrons. The maximum atomic E-state index is 9.65. The molecule has 2 nitrogen and oxygen atoms in total. The van der Waals surface area contributed by atoms with Gasteiger partial charge in [0.15, 0.2) is 0 Å². The third-order valence-electron chi connectivity index (χ3n) is 3.08. The first kappa shape index (κ1) is 15.2. The van der Waals surface area contributed by atoms with Crippen LogP contribution >= 0.6 is 0 Å². The van der Waals surface area contributed by atoms with Gasteiger partial charge in [0, 0.05) is 13.1 Å². The van der Waals surface area contributed by atoms with E-state index in [0.29, 0.717) is 6.54 Å². The lowest BCUT2D eigenvalue weighted by Gasteiger charge is -2.21. The van der Waals surface area contributed by atoms with Gasteiger partial charge in [0.05, 0.1) is 5.60 Å². The third-order valence-corrected chi connectivity index (χ3v) is 3.08. The molecule has 0 aliphatic heterocycles. The first-order valence-corrected chi connectivity index (χ1v) is 6.63. The normalized spacial score (nSPS) is 12.8. The fourth-order valence-electron chi connectivity index (χ4n) is 1.86. The molecule has 0 aromatic heterocycles. The Morgan fingerprint density at radius 1 is 1.11 bits per heavy atom. The van der Waals surface area contributed by atoms with E-state index in [2.05, 4.69) is 51.2 Å². The Hall–Kier alpha value is -0.860. The van der Waals surface area contributed by atoms with Gasteiger partial charge in [0.2, 0.25) is 0 Å². The molecule has 0 atom stereocenters. The summed E-state index contributed by atoms with van der Waals surface area (Å²) in [4.78, 5) is 0. The zero-order valence-corrected chi connectivity index (χ0v) is 12.6. The van der Waals surface area contributed by atoms with Crippen LogP contribution in [0, 0.1) is 6.92 Å². The summed E-state index contributed by atoms with van der Waals surface area (Å²) in [6, 6.07) is 6.66. The first-order valence-electron chi connectivity index (χ1n) is 6.63. The molecular formula is C16H27NO. The van der Waals surface area contributed by atoms with E-state index in [1.54, 1.807) is 0 Å². The molecule has 1 aromatic carbocycles. The largest absolute Gasteiger partial charge is 0.389 e. The van der Waals surface area contributed by atoms with Gasteiger partial charge in [0.25, 0.3) is 0 Å². The Bertz CT molecular complexity index is 397. The van der Waals surface area contributed by atoms with E-state index in [4.69, 9.17) is 0 Å². The highest BCUT2D eigenvalue weighted by Crippen LogP contribution is 2.24. The lowest BCUT2D eigenvalue weighted by Crippen LogP contribution is -2.34. The molecule has 0 aliphatic rings. The number of rotatable bonds is 4. The van der Waals surface area contributed by atoms with Gasteiger partial charge in [-0.05, 0) is 42.9 Å². The minimum Gasteiger partial charge on any atom is -0.389 e. The summed E-state index contributed by atoms with van der Waals surface area (Å²) >= 11 is 0. The number of aliphatic hydroxyl groups is 1. The van der Waals surface area contributed by atoms with Crippen LogP contribution in [0.4, 0.5) is 0 Å². The number of nitrogens with one attached hydrogen (secondary N) is 1.